The number of aryl methyl sites for hydroxylation is 1. The minimum Gasteiger partial charge on any atom is -0.324 e. The maximum absolute atomic E-state index is 5.58. The summed E-state index contributed by atoms with van der Waals surface area (Å²) >= 11 is 0. The molecule has 0 bridgehead atoms. The molecular formula is C11H13N3. The van der Waals surface area contributed by atoms with Crippen LogP contribution in [0.25, 0.3) is 5.69 Å². The first kappa shape index (κ1) is 8.97. The Morgan fingerprint density at radius 1 is 1.29 bits per heavy atom. The smallest absolute Gasteiger partial charge is 0.126 e. The van der Waals surface area contributed by atoms with Crippen molar-refractivity contribution in [1.82, 2.24) is 9.55 Å². The molecule has 0 unspecified atom stereocenters. The summed E-state index contributed by atoms with van der Waals surface area (Å²) in [6.07, 6.45) is 3.69. The fraction of sp³-hybridized carbons (Fsp3) is 0.182. The fourth-order valence-corrected chi connectivity index (χ4v) is 1.43. The molecule has 0 aliphatic carbocycles. The lowest BCUT2D eigenvalue weighted by molar-refractivity contribution is 0.867. The summed E-state index contributed by atoms with van der Waals surface area (Å²) in [5, 5.41) is 0. The van der Waals surface area contributed by atoms with Crippen molar-refractivity contribution in [3.63, 3.8) is 0 Å². The van der Waals surface area contributed by atoms with Crippen molar-refractivity contribution >= 4 is 0 Å². The number of hydrogen-bond donors (Lipinski definition) is 1. The molecule has 72 valence electrons. The van der Waals surface area contributed by atoms with Crippen molar-refractivity contribution in [1.29, 1.82) is 0 Å². The van der Waals surface area contributed by atoms with E-state index in [2.05, 4.69) is 36.2 Å². The summed E-state index contributed by atoms with van der Waals surface area (Å²) in [6, 6.07) is 8.29. The van der Waals surface area contributed by atoms with Gasteiger partial charge in [-0.15, -0.1) is 0 Å². The van der Waals surface area contributed by atoms with E-state index in [1.165, 1.54) is 5.56 Å². The number of rotatable bonds is 2. The Hall–Kier alpha value is -1.61. The number of aromatic nitrogens is 2. The lowest BCUT2D eigenvalue weighted by Gasteiger charge is -2.06. The van der Waals surface area contributed by atoms with E-state index < -0.39 is 0 Å². The van der Waals surface area contributed by atoms with Crippen LogP contribution in [0, 0.1) is 6.92 Å². The highest BCUT2D eigenvalue weighted by molar-refractivity contribution is 5.35. The molecule has 3 nitrogen and oxygen atoms in total. The SMILES string of the molecule is Cc1ccc(-n2ccnc2CN)cc1. The molecule has 0 amide bonds. The van der Waals surface area contributed by atoms with E-state index in [4.69, 9.17) is 5.73 Å². The maximum Gasteiger partial charge on any atom is 0.126 e. The highest BCUT2D eigenvalue weighted by atomic mass is 15.1. The Labute approximate surface area is 83.2 Å². The minimum absolute atomic E-state index is 0.459. The molecule has 0 saturated heterocycles. The molecule has 2 N–H and O–H groups in total. The Morgan fingerprint density at radius 3 is 2.64 bits per heavy atom. The van der Waals surface area contributed by atoms with Crippen LogP contribution < -0.4 is 5.73 Å². The first-order chi connectivity index (χ1) is 6.81. The Bertz CT molecular complexity index is 414. The van der Waals surface area contributed by atoms with Gasteiger partial charge in [-0.05, 0) is 19.1 Å². The normalized spacial score (nSPS) is 10.4. The maximum atomic E-state index is 5.58. The summed E-state index contributed by atoms with van der Waals surface area (Å²) in [5.41, 5.74) is 7.94. The third-order valence-corrected chi connectivity index (χ3v) is 2.21. The summed E-state index contributed by atoms with van der Waals surface area (Å²) in [6.45, 7) is 2.53. The predicted molar refractivity (Wildman–Crippen MR) is 56.2 cm³/mol. The van der Waals surface area contributed by atoms with Gasteiger partial charge < -0.3 is 10.3 Å². The van der Waals surface area contributed by atoms with Gasteiger partial charge in [0, 0.05) is 18.1 Å². The van der Waals surface area contributed by atoms with Gasteiger partial charge in [0.15, 0.2) is 0 Å². The average Bonchev–Trinajstić information content (AvgIpc) is 2.67. The molecule has 3 heteroatoms. The number of hydrogen-bond acceptors (Lipinski definition) is 2. The number of imidazole rings is 1. The van der Waals surface area contributed by atoms with Crippen molar-refractivity contribution in [2.45, 2.75) is 13.5 Å². The van der Waals surface area contributed by atoms with E-state index in [1.807, 2.05) is 10.8 Å². The van der Waals surface area contributed by atoms with Crippen LogP contribution in [0.5, 0.6) is 0 Å². The van der Waals surface area contributed by atoms with Crippen LogP contribution in [0.2, 0.25) is 0 Å². The zero-order chi connectivity index (χ0) is 9.97. The zero-order valence-electron chi connectivity index (χ0n) is 8.14. The molecular weight excluding hydrogens is 174 g/mol. The van der Waals surface area contributed by atoms with Crippen LogP contribution in [0.4, 0.5) is 0 Å². The second-order valence-corrected chi connectivity index (χ2v) is 3.25. The van der Waals surface area contributed by atoms with Crippen molar-refractivity contribution in [2.75, 3.05) is 0 Å². The van der Waals surface area contributed by atoms with Crippen LogP contribution in [-0.2, 0) is 6.54 Å². The van der Waals surface area contributed by atoms with Gasteiger partial charge in [-0.1, -0.05) is 17.7 Å². The second-order valence-electron chi connectivity index (χ2n) is 3.25. The lowest BCUT2D eigenvalue weighted by Crippen LogP contribution is -2.05. The summed E-state index contributed by atoms with van der Waals surface area (Å²) in [5.74, 6) is 0.883. The van der Waals surface area contributed by atoms with Crippen molar-refractivity contribution in [2.24, 2.45) is 5.73 Å². The summed E-state index contributed by atoms with van der Waals surface area (Å²) in [4.78, 5) is 4.17. The van der Waals surface area contributed by atoms with Crippen LogP contribution in [-0.4, -0.2) is 9.55 Å². The zero-order valence-corrected chi connectivity index (χ0v) is 8.14. The van der Waals surface area contributed by atoms with E-state index in [0.29, 0.717) is 6.54 Å². The number of nitrogens with zero attached hydrogens (tertiary/aromatic N) is 2. The summed E-state index contributed by atoms with van der Waals surface area (Å²) in [7, 11) is 0. The van der Waals surface area contributed by atoms with E-state index in [0.717, 1.165) is 11.5 Å². The first-order valence-corrected chi connectivity index (χ1v) is 4.60. The summed E-state index contributed by atoms with van der Waals surface area (Å²) < 4.78 is 2.00. The molecule has 1 aromatic carbocycles. The number of nitrogens with two attached hydrogens (primary N) is 1. The van der Waals surface area contributed by atoms with Crippen molar-refractivity contribution in [3.8, 4) is 5.69 Å². The largest absolute Gasteiger partial charge is 0.324 e. The molecule has 1 heterocycles. The standard InChI is InChI=1S/C11H13N3/c1-9-2-4-10(5-3-9)14-7-6-13-11(14)8-12/h2-7H,8,12H2,1H3. The average molecular weight is 187 g/mol. The third-order valence-electron chi connectivity index (χ3n) is 2.21. The predicted octanol–water partition coefficient (Wildman–Crippen LogP) is 1.64. The molecule has 0 spiro atoms. The molecule has 0 atom stereocenters. The molecule has 0 saturated carbocycles. The Morgan fingerprint density at radius 2 is 2.00 bits per heavy atom. The lowest BCUT2D eigenvalue weighted by atomic mass is 10.2. The molecule has 2 rings (SSSR count). The molecule has 0 aliphatic rings. The van der Waals surface area contributed by atoms with Gasteiger partial charge in [0.05, 0.1) is 6.54 Å². The Kier molecular flexibility index (Phi) is 2.33. The van der Waals surface area contributed by atoms with E-state index in [-0.39, 0.29) is 0 Å². The number of benzene rings is 1. The quantitative estimate of drug-likeness (QED) is 0.776. The van der Waals surface area contributed by atoms with Gasteiger partial charge in [0.25, 0.3) is 0 Å². The van der Waals surface area contributed by atoms with Gasteiger partial charge in [-0.3, -0.25) is 0 Å². The first-order valence-electron chi connectivity index (χ1n) is 4.60. The van der Waals surface area contributed by atoms with E-state index in [9.17, 15) is 0 Å². The highest BCUT2D eigenvalue weighted by Gasteiger charge is 2.01. The van der Waals surface area contributed by atoms with Crippen LogP contribution in [0.1, 0.15) is 11.4 Å². The van der Waals surface area contributed by atoms with Gasteiger partial charge in [-0.2, -0.15) is 0 Å². The molecule has 2 aromatic rings. The van der Waals surface area contributed by atoms with Crippen molar-refractivity contribution < 1.29 is 0 Å². The van der Waals surface area contributed by atoms with Crippen LogP contribution in [0.15, 0.2) is 36.7 Å². The van der Waals surface area contributed by atoms with Gasteiger partial charge in [0.2, 0.25) is 0 Å². The van der Waals surface area contributed by atoms with Crippen molar-refractivity contribution in [3.05, 3.63) is 48.0 Å². The van der Waals surface area contributed by atoms with Gasteiger partial charge in [0.1, 0.15) is 5.82 Å². The van der Waals surface area contributed by atoms with Crippen LogP contribution >= 0.6 is 0 Å². The van der Waals surface area contributed by atoms with Gasteiger partial charge >= 0.3 is 0 Å². The van der Waals surface area contributed by atoms with E-state index in [1.54, 1.807) is 6.20 Å². The molecule has 0 aliphatic heterocycles. The van der Waals surface area contributed by atoms with E-state index >= 15 is 0 Å². The third kappa shape index (κ3) is 1.54. The van der Waals surface area contributed by atoms with Gasteiger partial charge in [-0.25, -0.2) is 4.98 Å². The molecule has 1 aromatic heterocycles. The highest BCUT2D eigenvalue weighted by Crippen LogP contribution is 2.11. The molecule has 0 fully saturated rings. The molecule has 14 heavy (non-hydrogen) atoms. The fourth-order valence-electron chi connectivity index (χ4n) is 1.43. The second kappa shape index (κ2) is 3.64. The Balaban J connectivity index is 2.44. The molecule has 0 radical (unpaired) electrons. The van der Waals surface area contributed by atoms with Crippen LogP contribution in [0.3, 0.4) is 0 Å². The monoisotopic (exact) mass is 187 g/mol. The minimum atomic E-state index is 0.459. The topological polar surface area (TPSA) is 43.8 Å².